The highest BCUT2D eigenvalue weighted by molar-refractivity contribution is 5.32. The molecule has 0 aliphatic carbocycles. The molecule has 1 heterocycles. The fourth-order valence-corrected chi connectivity index (χ4v) is 2.52. The van der Waals surface area contributed by atoms with Crippen LogP contribution in [0.25, 0.3) is 0 Å². The minimum Gasteiger partial charge on any atom is -0.350 e. The molecule has 1 unspecified atom stereocenters. The Hall–Kier alpha value is -2.05. The summed E-state index contributed by atoms with van der Waals surface area (Å²) in [7, 11) is 2.00. The van der Waals surface area contributed by atoms with E-state index < -0.39 is 0 Å². The molecule has 104 valence electrons. The third-order valence-corrected chi connectivity index (χ3v) is 3.56. The van der Waals surface area contributed by atoms with Crippen molar-refractivity contribution < 1.29 is 0 Å². The predicted molar refractivity (Wildman–Crippen MR) is 81.3 cm³/mol. The van der Waals surface area contributed by atoms with Crippen molar-refractivity contribution in [3.63, 3.8) is 0 Å². The molecular formula is C17H21N3. The van der Waals surface area contributed by atoms with Gasteiger partial charge < -0.3 is 9.88 Å². The highest BCUT2D eigenvalue weighted by Gasteiger charge is 2.14. The third-order valence-electron chi connectivity index (χ3n) is 3.56. The van der Waals surface area contributed by atoms with Crippen LogP contribution in [0.2, 0.25) is 0 Å². The molecule has 20 heavy (non-hydrogen) atoms. The van der Waals surface area contributed by atoms with Gasteiger partial charge in [0.25, 0.3) is 0 Å². The minimum absolute atomic E-state index is 0.386. The Morgan fingerprint density at radius 3 is 2.45 bits per heavy atom. The van der Waals surface area contributed by atoms with Crippen LogP contribution in [0.15, 0.2) is 42.7 Å². The van der Waals surface area contributed by atoms with Crippen molar-refractivity contribution in [1.82, 2.24) is 9.88 Å². The zero-order valence-electron chi connectivity index (χ0n) is 12.3. The monoisotopic (exact) mass is 267 g/mol. The lowest BCUT2D eigenvalue weighted by Crippen LogP contribution is -2.21. The number of rotatable bonds is 5. The van der Waals surface area contributed by atoms with Gasteiger partial charge in [0.05, 0.1) is 11.6 Å². The molecule has 0 fully saturated rings. The van der Waals surface area contributed by atoms with Crippen LogP contribution in [-0.2, 0) is 6.54 Å². The van der Waals surface area contributed by atoms with Gasteiger partial charge in [-0.15, -0.1) is 0 Å². The number of nitrogens with zero attached hydrogens (tertiary/aromatic N) is 2. The van der Waals surface area contributed by atoms with Gasteiger partial charge in [0.2, 0.25) is 0 Å². The van der Waals surface area contributed by atoms with E-state index in [-0.39, 0.29) is 0 Å². The summed E-state index contributed by atoms with van der Waals surface area (Å²) in [4.78, 5) is 0. The van der Waals surface area contributed by atoms with E-state index in [9.17, 15) is 0 Å². The summed E-state index contributed by atoms with van der Waals surface area (Å²) in [6.07, 6.45) is 4.31. The SMILES string of the molecule is CNC(c1ccn(Cc2ccc(C#N)cc2)c1)C(C)C. The molecule has 0 amide bonds. The van der Waals surface area contributed by atoms with Crippen LogP contribution in [-0.4, -0.2) is 11.6 Å². The molecule has 0 radical (unpaired) electrons. The number of hydrogen-bond donors (Lipinski definition) is 1. The first-order chi connectivity index (χ1) is 9.63. The number of hydrogen-bond acceptors (Lipinski definition) is 2. The van der Waals surface area contributed by atoms with E-state index in [0.29, 0.717) is 17.5 Å². The molecule has 0 aliphatic rings. The summed E-state index contributed by atoms with van der Waals surface area (Å²) >= 11 is 0. The van der Waals surface area contributed by atoms with Gasteiger partial charge in [-0.2, -0.15) is 5.26 Å². The Morgan fingerprint density at radius 1 is 1.20 bits per heavy atom. The first kappa shape index (κ1) is 14.4. The van der Waals surface area contributed by atoms with E-state index in [0.717, 1.165) is 6.54 Å². The third kappa shape index (κ3) is 3.28. The van der Waals surface area contributed by atoms with Crippen molar-refractivity contribution in [1.29, 1.82) is 5.26 Å². The molecule has 1 aromatic heterocycles. The molecule has 3 nitrogen and oxygen atoms in total. The second kappa shape index (κ2) is 6.40. The first-order valence-electron chi connectivity index (χ1n) is 6.96. The average Bonchev–Trinajstić information content (AvgIpc) is 2.88. The minimum atomic E-state index is 0.386. The van der Waals surface area contributed by atoms with Crippen molar-refractivity contribution in [2.75, 3.05) is 7.05 Å². The van der Waals surface area contributed by atoms with Gasteiger partial charge in [-0.05, 0) is 42.3 Å². The summed E-state index contributed by atoms with van der Waals surface area (Å²) in [5.74, 6) is 0.561. The summed E-state index contributed by atoms with van der Waals surface area (Å²) in [6, 6.07) is 12.5. The standard InChI is InChI=1S/C17H21N3/c1-13(2)17(19-3)16-8-9-20(12-16)11-15-6-4-14(10-18)5-7-15/h4-9,12-13,17,19H,11H2,1-3H3. The topological polar surface area (TPSA) is 40.8 Å². The maximum Gasteiger partial charge on any atom is 0.0991 e. The van der Waals surface area contributed by atoms with Crippen LogP contribution in [0.5, 0.6) is 0 Å². The van der Waals surface area contributed by atoms with E-state index in [1.807, 2.05) is 31.3 Å². The van der Waals surface area contributed by atoms with Gasteiger partial charge >= 0.3 is 0 Å². The molecule has 0 bridgehead atoms. The Labute approximate surface area is 120 Å². The van der Waals surface area contributed by atoms with Crippen molar-refractivity contribution in [3.05, 3.63) is 59.4 Å². The van der Waals surface area contributed by atoms with E-state index in [4.69, 9.17) is 5.26 Å². The molecule has 3 heteroatoms. The van der Waals surface area contributed by atoms with Crippen LogP contribution in [0.3, 0.4) is 0 Å². The smallest absolute Gasteiger partial charge is 0.0991 e. The zero-order valence-corrected chi connectivity index (χ0v) is 12.3. The van der Waals surface area contributed by atoms with Gasteiger partial charge in [0.15, 0.2) is 0 Å². The molecular weight excluding hydrogens is 246 g/mol. The Bertz CT molecular complexity index is 587. The molecule has 1 aromatic carbocycles. The number of nitrogens with one attached hydrogen (secondary N) is 1. The van der Waals surface area contributed by atoms with Crippen LogP contribution < -0.4 is 5.32 Å². The molecule has 2 rings (SSSR count). The van der Waals surface area contributed by atoms with Gasteiger partial charge in [-0.25, -0.2) is 0 Å². The maximum atomic E-state index is 8.80. The van der Waals surface area contributed by atoms with Crippen LogP contribution >= 0.6 is 0 Å². The van der Waals surface area contributed by atoms with Gasteiger partial charge in [-0.1, -0.05) is 26.0 Å². The largest absolute Gasteiger partial charge is 0.350 e. The van der Waals surface area contributed by atoms with E-state index in [2.05, 4.69) is 48.3 Å². The second-order valence-corrected chi connectivity index (χ2v) is 5.44. The first-order valence-corrected chi connectivity index (χ1v) is 6.96. The van der Waals surface area contributed by atoms with Crippen LogP contribution in [0.1, 0.15) is 36.6 Å². The van der Waals surface area contributed by atoms with Crippen molar-refractivity contribution in [2.45, 2.75) is 26.4 Å². The number of benzene rings is 1. The van der Waals surface area contributed by atoms with E-state index >= 15 is 0 Å². The molecule has 0 saturated heterocycles. The Morgan fingerprint density at radius 2 is 1.90 bits per heavy atom. The summed E-state index contributed by atoms with van der Waals surface area (Å²) in [6.45, 7) is 5.28. The molecule has 0 aliphatic heterocycles. The average molecular weight is 267 g/mol. The van der Waals surface area contributed by atoms with Crippen molar-refractivity contribution in [3.8, 4) is 6.07 Å². The lowest BCUT2D eigenvalue weighted by molar-refractivity contribution is 0.443. The van der Waals surface area contributed by atoms with Gasteiger partial charge in [-0.3, -0.25) is 0 Å². The van der Waals surface area contributed by atoms with E-state index in [1.165, 1.54) is 11.1 Å². The summed E-state index contributed by atoms with van der Waals surface area (Å²) in [5, 5.41) is 12.2. The van der Waals surface area contributed by atoms with Crippen LogP contribution in [0, 0.1) is 17.2 Å². The summed E-state index contributed by atoms with van der Waals surface area (Å²) in [5.41, 5.74) is 3.23. The Kier molecular flexibility index (Phi) is 4.60. The second-order valence-electron chi connectivity index (χ2n) is 5.44. The quantitative estimate of drug-likeness (QED) is 0.902. The van der Waals surface area contributed by atoms with Gasteiger partial charge in [0.1, 0.15) is 0 Å². The van der Waals surface area contributed by atoms with Crippen molar-refractivity contribution >= 4 is 0 Å². The van der Waals surface area contributed by atoms with Crippen molar-refractivity contribution in [2.24, 2.45) is 5.92 Å². The van der Waals surface area contributed by atoms with E-state index in [1.54, 1.807) is 0 Å². The fraction of sp³-hybridized carbons (Fsp3) is 0.353. The predicted octanol–water partition coefficient (Wildman–Crippen LogP) is 3.32. The normalized spacial score (nSPS) is 12.3. The molecule has 0 spiro atoms. The highest BCUT2D eigenvalue weighted by atomic mass is 15.0. The highest BCUT2D eigenvalue weighted by Crippen LogP contribution is 2.21. The molecule has 0 saturated carbocycles. The van der Waals surface area contributed by atoms with Crippen LogP contribution in [0.4, 0.5) is 0 Å². The number of nitriles is 1. The Balaban J connectivity index is 2.11. The maximum absolute atomic E-state index is 8.80. The zero-order chi connectivity index (χ0) is 14.5. The molecule has 1 N–H and O–H groups in total. The molecule has 2 aromatic rings. The fourth-order valence-electron chi connectivity index (χ4n) is 2.52. The number of aromatic nitrogens is 1. The lowest BCUT2D eigenvalue weighted by Gasteiger charge is -2.18. The lowest BCUT2D eigenvalue weighted by atomic mass is 9.99. The summed E-state index contributed by atoms with van der Waals surface area (Å²) < 4.78 is 2.18. The molecule has 1 atom stereocenters. The van der Waals surface area contributed by atoms with Gasteiger partial charge in [0, 0.05) is 25.0 Å².